The molecule has 4 heteroatoms. The van der Waals surface area contributed by atoms with E-state index in [4.69, 9.17) is 10.00 Å². The van der Waals surface area contributed by atoms with E-state index in [2.05, 4.69) is 6.58 Å². The van der Waals surface area contributed by atoms with Gasteiger partial charge in [-0.05, 0) is 20.8 Å². The third kappa shape index (κ3) is 4.50. The van der Waals surface area contributed by atoms with Gasteiger partial charge in [-0.15, -0.1) is 6.58 Å². The third-order valence-corrected chi connectivity index (χ3v) is 2.05. The van der Waals surface area contributed by atoms with Gasteiger partial charge in [0.2, 0.25) is 0 Å². The molecule has 0 aliphatic heterocycles. The van der Waals surface area contributed by atoms with E-state index in [1.165, 1.54) is 4.90 Å². The lowest BCUT2D eigenvalue weighted by atomic mass is 10.1. The van der Waals surface area contributed by atoms with Crippen LogP contribution in [0.2, 0.25) is 0 Å². The van der Waals surface area contributed by atoms with Crippen LogP contribution in [-0.4, -0.2) is 29.7 Å². The van der Waals surface area contributed by atoms with Gasteiger partial charge in [0.1, 0.15) is 6.07 Å². The summed E-state index contributed by atoms with van der Waals surface area (Å²) in [5, 5.41) is 8.70. The van der Waals surface area contributed by atoms with E-state index in [-0.39, 0.29) is 5.54 Å². The largest absolute Gasteiger partial charge is 0.430 e. The minimum absolute atomic E-state index is 0.314. The quantitative estimate of drug-likeness (QED) is 0.672. The Balaban J connectivity index is 4.36. The fourth-order valence-corrected chi connectivity index (χ4v) is 0.753. The molecule has 0 radical (unpaired) electrons. The number of nitriles is 1. The zero-order valence-electron chi connectivity index (χ0n) is 9.78. The highest BCUT2D eigenvalue weighted by atomic mass is 16.6. The highest BCUT2D eigenvalue weighted by Gasteiger charge is 2.25. The molecule has 0 saturated heterocycles. The topological polar surface area (TPSA) is 53.3 Å². The minimum Gasteiger partial charge on any atom is -0.430 e. The fourth-order valence-electron chi connectivity index (χ4n) is 0.753. The molecule has 4 nitrogen and oxygen atoms in total. The molecule has 0 fully saturated rings. The Morgan fingerprint density at radius 1 is 1.67 bits per heavy atom. The van der Waals surface area contributed by atoms with Crippen molar-refractivity contribution in [1.29, 1.82) is 5.26 Å². The Bertz CT molecular complexity index is 273. The molecule has 15 heavy (non-hydrogen) atoms. The summed E-state index contributed by atoms with van der Waals surface area (Å²) in [5.74, 6) is 0. The smallest absolute Gasteiger partial charge is 0.411 e. The van der Waals surface area contributed by atoms with Gasteiger partial charge in [-0.25, -0.2) is 4.79 Å². The highest BCUT2D eigenvalue weighted by Crippen LogP contribution is 2.13. The second-order valence-corrected chi connectivity index (χ2v) is 4.26. The van der Waals surface area contributed by atoms with Crippen LogP contribution in [0.1, 0.15) is 27.2 Å². The van der Waals surface area contributed by atoms with Gasteiger partial charge in [-0.1, -0.05) is 6.08 Å². The maximum Gasteiger partial charge on any atom is 0.411 e. The summed E-state index contributed by atoms with van der Waals surface area (Å²) >= 11 is 0. The molecule has 0 bridgehead atoms. The number of nitrogens with zero attached hydrogens (tertiary/aromatic N) is 2. The van der Waals surface area contributed by atoms with Crippen LogP contribution < -0.4 is 0 Å². The second kappa shape index (κ2) is 5.40. The zero-order chi connectivity index (χ0) is 12.1. The zero-order valence-corrected chi connectivity index (χ0v) is 9.78. The van der Waals surface area contributed by atoms with E-state index in [1.54, 1.807) is 13.1 Å². The molecule has 0 spiro atoms. The fraction of sp³-hybridized carbons (Fsp3) is 0.636. The molecular weight excluding hydrogens is 192 g/mol. The molecule has 0 N–H and O–H groups in total. The molecule has 0 aliphatic carbocycles. The minimum atomic E-state index is -0.750. The first-order valence-corrected chi connectivity index (χ1v) is 4.78. The summed E-state index contributed by atoms with van der Waals surface area (Å²) in [6.45, 7) is 9.17. The molecule has 0 aromatic heterocycles. The van der Waals surface area contributed by atoms with E-state index in [0.717, 1.165) is 0 Å². The molecule has 0 heterocycles. The van der Waals surface area contributed by atoms with Crippen molar-refractivity contribution in [2.45, 2.75) is 38.8 Å². The van der Waals surface area contributed by atoms with Crippen molar-refractivity contribution in [3.05, 3.63) is 12.7 Å². The van der Waals surface area contributed by atoms with Crippen molar-refractivity contribution in [3.8, 4) is 6.07 Å². The lowest BCUT2D eigenvalue weighted by Crippen LogP contribution is -2.43. The summed E-state index contributed by atoms with van der Waals surface area (Å²) in [5.41, 5.74) is -0.314. The maximum absolute atomic E-state index is 11.6. The summed E-state index contributed by atoms with van der Waals surface area (Å²) < 4.78 is 4.98. The Hall–Kier alpha value is -1.50. The van der Waals surface area contributed by atoms with Gasteiger partial charge in [0.25, 0.3) is 0 Å². The van der Waals surface area contributed by atoms with Gasteiger partial charge in [0.05, 0.1) is 0 Å². The van der Waals surface area contributed by atoms with E-state index in [0.29, 0.717) is 6.42 Å². The molecule has 1 atom stereocenters. The number of hydrogen-bond acceptors (Lipinski definition) is 3. The van der Waals surface area contributed by atoms with Crippen LogP contribution in [0.4, 0.5) is 4.79 Å². The molecule has 0 aliphatic rings. The van der Waals surface area contributed by atoms with Gasteiger partial charge >= 0.3 is 6.09 Å². The van der Waals surface area contributed by atoms with E-state index < -0.39 is 12.2 Å². The van der Waals surface area contributed by atoms with Crippen LogP contribution in [0.25, 0.3) is 0 Å². The summed E-state index contributed by atoms with van der Waals surface area (Å²) in [6, 6.07) is 1.90. The molecule has 0 aromatic rings. The van der Waals surface area contributed by atoms with Crippen LogP contribution >= 0.6 is 0 Å². The van der Waals surface area contributed by atoms with Crippen LogP contribution in [-0.2, 0) is 4.74 Å². The third-order valence-electron chi connectivity index (χ3n) is 2.05. The van der Waals surface area contributed by atoms with Crippen molar-refractivity contribution in [3.63, 3.8) is 0 Å². The molecular formula is C11H18N2O2. The van der Waals surface area contributed by atoms with Gasteiger partial charge < -0.3 is 9.64 Å². The van der Waals surface area contributed by atoms with Crippen molar-refractivity contribution < 1.29 is 9.53 Å². The van der Waals surface area contributed by atoms with E-state index in [9.17, 15) is 4.79 Å². The highest BCUT2D eigenvalue weighted by molar-refractivity contribution is 5.68. The number of amides is 1. The number of hydrogen-bond donors (Lipinski definition) is 0. The van der Waals surface area contributed by atoms with E-state index >= 15 is 0 Å². The van der Waals surface area contributed by atoms with Crippen LogP contribution in [0.5, 0.6) is 0 Å². The van der Waals surface area contributed by atoms with Crippen LogP contribution in [0.15, 0.2) is 12.7 Å². The predicted octanol–water partition coefficient (Wildman–Crippen LogP) is 2.32. The normalized spacial score (nSPS) is 12.5. The van der Waals surface area contributed by atoms with Crippen molar-refractivity contribution in [1.82, 2.24) is 4.90 Å². The van der Waals surface area contributed by atoms with Crippen molar-refractivity contribution >= 4 is 6.09 Å². The van der Waals surface area contributed by atoms with Gasteiger partial charge in [-0.3, -0.25) is 0 Å². The number of rotatable bonds is 3. The first-order valence-electron chi connectivity index (χ1n) is 4.78. The van der Waals surface area contributed by atoms with E-state index in [1.807, 2.05) is 26.8 Å². The summed E-state index contributed by atoms with van der Waals surface area (Å²) in [6.07, 6.45) is 0.661. The Kier molecular flexibility index (Phi) is 4.86. The number of ether oxygens (including phenoxy) is 1. The maximum atomic E-state index is 11.6. The lowest BCUT2D eigenvalue weighted by molar-refractivity contribution is 0.0652. The molecule has 0 rings (SSSR count). The first kappa shape index (κ1) is 13.5. The second-order valence-electron chi connectivity index (χ2n) is 4.26. The van der Waals surface area contributed by atoms with Gasteiger partial charge in [0, 0.05) is 19.0 Å². The van der Waals surface area contributed by atoms with Gasteiger partial charge in [0.15, 0.2) is 6.10 Å². The molecule has 84 valence electrons. The standard InChI is InChI=1S/C11H18N2O2/c1-6-7-9(8-12)15-10(14)13(5)11(2,3)4/h6,9H,1,7H2,2-5H3. The monoisotopic (exact) mass is 210 g/mol. The first-order chi connectivity index (χ1) is 6.82. The van der Waals surface area contributed by atoms with Gasteiger partial charge in [-0.2, -0.15) is 5.26 Å². The predicted molar refractivity (Wildman–Crippen MR) is 58.2 cm³/mol. The molecule has 1 unspecified atom stereocenters. The molecule has 0 saturated carbocycles. The molecule has 0 aromatic carbocycles. The number of carbonyl (C=O) groups excluding carboxylic acids is 1. The van der Waals surface area contributed by atoms with Crippen molar-refractivity contribution in [2.75, 3.05) is 7.05 Å². The summed E-state index contributed by atoms with van der Waals surface area (Å²) in [4.78, 5) is 13.0. The molecule has 1 amide bonds. The Labute approximate surface area is 91.1 Å². The van der Waals surface area contributed by atoms with Crippen molar-refractivity contribution in [2.24, 2.45) is 0 Å². The Morgan fingerprint density at radius 2 is 2.20 bits per heavy atom. The van der Waals surface area contributed by atoms with Crippen LogP contribution in [0, 0.1) is 11.3 Å². The SMILES string of the molecule is C=CCC(C#N)OC(=O)N(C)C(C)(C)C. The lowest BCUT2D eigenvalue weighted by Gasteiger charge is -2.31. The van der Waals surface area contributed by atoms with Crippen LogP contribution in [0.3, 0.4) is 0 Å². The Morgan fingerprint density at radius 3 is 2.53 bits per heavy atom. The number of carbonyl (C=O) groups is 1. The average Bonchev–Trinajstić information content (AvgIpc) is 2.14. The summed E-state index contributed by atoms with van der Waals surface area (Å²) in [7, 11) is 1.64. The average molecular weight is 210 g/mol.